The number of benzene rings is 2. The monoisotopic (exact) mass is 327 g/mol. The molecule has 0 radical (unpaired) electrons. The topological polar surface area (TPSA) is 87.2 Å². The molecule has 118 valence electrons. The van der Waals surface area contributed by atoms with Crippen LogP contribution in [0, 0.1) is 11.3 Å². The van der Waals surface area contributed by atoms with Crippen LogP contribution in [0.1, 0.15) is 23.5 Å². The van der Waals surface area contributed by atoms with E-state index in [4.69, 9.17) is 5.14 Å². The van der Waals surface area contributed by atoms with Crippen LogP contribution in [0.15, 0.2) is 53.4 Å². The Bertz CT molecular complexity index is 857. The Morgan fingerprint density at radius 2 is 1.91 bits per heavy atom. The maximum absolute atomic E-state index is 11.4. The summed E-state index contributed by atoms with van der Waals surface area (Å²) < 4.78 is 22.9. The number of hydrogen-bond acceptors (Lipinski definition) is 4. The maximum atomic E-state index is 11.4. The molecule has 0 aliphatic carbocycles. The van der Waals surface area contributed by atoms with Crippen LogP contribution in [-0.4, -0.2) is 21.5 Å². The lowest BCUT2D eigenvalue weighted by atomic mass is 9.99. The Hall–Kier alpha value is -2.36. The molecule has 0 bridgehead atoms. The summed E-state index contributed by atoms with van der Waals surface area (Å²) in [6, 6.07) is 16.8. The third-order valence-electron chi connectivity index (χ3n) is 4.22. The van der Waals surface area contributed by atoms with Crippen molar-refractivity contribution < 1.29 is 8.42 Å². The molecule has 23 heavy (non-hydrogen) atoms. The molecule has 1 atom stereocenters. The number of nitrogens with two attached hydrogens (primary N) is 1. The molecule has 0 unspecified atom stereocenters. The van der Waals surface area contributed by atoms with Gasteiger partial charge in [0.25, 0.3) is 0 Å². The van der Waals surface area contributed by atoms with Crippen LogP contribution in [0.3, 0.4) is 0 Å². The molecule has 2 N–H and O–H groups in total. The van der Waals surface area contributed by atoms with Gasteiger partial charge in [0.1, 0.15) is 6.07 Å². The predicted molar refractivity (Wildman–Crippen MR) is 88.5 cm³/mol. The van der Waals surface area contributed by atoms with E-state index in [1.807, 2.05) is 18.2 Å². The first-order chi connectivity index (χ1) is 11.0. The number of primary sulfonamides is 1. The molecule has 5 nitrogen and oxygen atoms in total. The van der Waals surface area contributed by atoms with Crippen molar-refractivity contribution >= 4 is 15.7 Å². The van der Waals surface area contributed by atoms with E-state index >= 15 is 0 Å². The van der Waals surface area contributed by atoms with Gasteiger partial charge < -0.3 is 4.90 Å². The Balaban J connectivity index is 1.87. The summed E-state index contributed by atoms with van der Waals surface area (Å²) in [5, 5.41) is 14.5. The van der Waals surface area contributed by atoms with Crippen LogP contribution in [0.5, 0.6) is 0 Å². The Labute approximate surface area is 136 Å². The zero-order valence-electron chi connectivity index (χ0n) is 12.5. The molecule has 0 spiro atoms. The van der Waals surface area contributed by atoms with Gasteiger partial charge in [-0.1, -0.05) is 30.3 Å². The van der Waals surface area contributed by atoms with E-state index in [2.05, 4.69) is 23.1 Å². The molecular weight excluding hydrogens is 310 g/mol. The van der Waals surface area contributed by atoms with Crippen molar-refractivity contribution in [2.24, 2.45) is 5.14 Å². The van der Waals surface area contributed by atoms with Crippen molar-refractivity contribution in [3.8, 4) is 6.07 Å². The lowest BCUT2D eigenvalue weighted by molar-refractivity contribution is 0.598. The molecule has 1 heterocycles. The number of anilines is 1. The average molecular weight is 327 g/mol. The summed E-state index contributed by atoms with van der Waals surface area (Å²) in [6.45, 7) is 1.65. The first kappa shape index (κ1) is 15.5. The third kappa shape index (κ3) is 3.21. The van der Waals surface area contributed by atoms with Gasteiger partial charge in [-0.3, -0.25) is 0 Å². The Morgan fingerprint density at radius 1 is 1.17 bits per heavy atom. The van der Waals surface area contributed by atoms with Crippen molar-refractivity contribution in [1.29, 1.82) is 5.26 Å². The number of sulfonamides is 1. The van der Waals surface area contributed by atoms with Crippen LogP contribution in [0.25, 0.3) is 0 Å². The van der Waals surface area contributed by atoms with Gasteiger partial charge in [-0.25, -0.2) is 13.6 Å². The van der Waals surface area contributed by atoms with Crippen molar-refractivity contribution in [2.75, 3.05) is 18.0 Å². The second kappa shape index (κ2) is 6.03. The minimum atomic E-state index is -3.80. The van der Waals surface area contributed by atoms with Gasteiger partial charge in [-0.2, -0.15) is 5.26 Å². The molecule has 2 aromatic carbocycles. The molecule has 1 fully saturated rings. The first-order valence-electron chi connectivity index (χ1n) is 7.36. The summed E-state index contributed by atoms with van der Waals surface area (Å²) in [5.74, 6) is 0.417. The van der Waals surface area contributed by atoms with Gasteiger partial charge in [0.2, 0.25) is 10.0 Å². The van der Waals surface area contributed by atoms with E-state index in [-0.39, 0.29) is 4.90 Å². The quantitative estimate of drug-likeness (QED) is 0.936. The average Bonchev–Trinajstić information content (AvgIpc) is 3.04. The van der Waals surface area contributed by atoms with Crippen molar-refractivity contribution in [3.63, 3.8) is 0 Å². The Morgan fingerprint density at radius 3 is 2.57 bits per heavy atom. The highest BCUT2D eigenvalue weighted by atomic mass is 32.2. The van der Waals surface area contributed by atoms with Crippen LogP contribution in [-0.2, 0) is 10.0 Å². The number of rotatable bonds is 3. The number of nitrogens with zero attached hydrogens (tertiary/aromatic N) is 2. The number of hydrogen-bond donors (Lipinski definition) is 1. The van der Waals surface area contributed by atoms with Crippen molar-refractivity contribution in [3.05, 3.63) is 59.7 Å². The predicted octanol–water partition coefficient (Wildman–Crippen LogP) is 2.20. The second-order valence-electron chi connectivity index (χ2n) is 5.68. The smallest absolute Gasteiger partial charge is 0.238 e. The van der Waals surface area contributed by atoms with E-state index in [1.54, 1.807) is 6.07 Å². The molecule has 1 aliphatic rings. The molecule has 6 heteroatoms. The molecule has 2 aromatic rings. The van der Waals surface area contributed by atoms with Gasteiger partial charge >= 0.3 is 0 Å². The summed E-state index contributed by atoms with van der Waals surface area (Å²) >= 11 is 0. The zero-order chi connectivity index (χ0) is 16.4. The summed E-state index contributed by atoms with van der Waals surface area (Å²) in [5.41, 5.74) is 2.39. The highest BCUT2D eigenvalue weighted by Crippen LogP contribution is 2.33. The molecule has 1 saturated heterocycles. The van der Waals surface area contributed by atoms with E-state index in [0.717, 1.165) is 25.2 Å². The van der Waals surface area contributed by atoms with E-state index in [1.165, 1.54) is 17.7 Å². The SMILES string of the molecule is N#Cc1cc(S(N)(=O)=O)ccc1N1CC[C@H](c2ccccc2)C1. The van der Waals surface area contributed by atoms with E-state index in [9.17, 15) is 13.7 Å². The number of nitriles is 1. The van der Waals surface area contributed by atoms with Crippen LogP contribution in [0.2, 0.25) is 0 Å². The molecule has 3 rings (SSSR count). The molecular formula is C17H17N3O2S. The summed E-state index contributed by atoms with van der Waals surface area (Å²) in [4.78, 5) is 2.10. The maximum Gasteiger partial charge on any atom is 0.238 e. The lowest BCUT2D eigenvalue weighted by Crippen LogP contribution is -2.21. The molecule has 1 aliphatic heterocycles. The highest BCUT2D eigenvalue weighted by Gasteiger charge is 2.26. The van der Waals surface area contributed by atoms with Crippen molar-refractivity contribution in [2.45, 2.75) is 17.2 Å². The lowest BCUT2D eigenvalue weighted by Gasteiger charge is -2.20. The largest absolute Gasteiger partial charge is 0.370 e. The van der Waals surface area contributed by atoms with Gasteiger partial charge in [0.05, 0.1) is 16.1 Å². The standard InChI is InChI=1S/C17H17N3O2S/c18-11-15-10-16(23(19,21)22)6-7-17(15)20-9-8-14(12-20)13-4-2-1-3-5-13/h1-7,10,14H,8-9,12H2,(H2,19,21,22)/t14-/m0/s1. The van der Waals surface area contributed by atoms with Crippen LogP contribution < -0.4 is 10.0 Å². The van der Waals surface area contributed by atoms with Gasteiger partial charge in [0, 0.05) is 19.0 Å². The summed E-state index contributed by atoms with van der Waals surface area (Å²) in [7, 11) is -3.80. The third-order valence-corrected chi connectivity index (χ3v) is 5.13. The minimum Gasteiger partial charge on any atom is -0.370 e. The normalized spacial score (nSPS) is 17.9. The minimum absolute atomic E-state index is 0.0309. The fourth-order valence-corrected chi connectivity index (χ4v) is 3.57. The van der Waals surface area contributed by atoms with Crippen LogP contribution in [0.4, 0.5) is 5.69 Å². The fourth-order valence-electron chi connectivity index (χ4n) is 3.03. The van der Waals surface area contributed by atoms with E-state index < -0.39 is 10.0 Å². The van der Waals surface area contributed by atoms with E-state index in [0.29, 0.717) is 11.5 Å². The first-order valence-corrected chi connectivity index (χ1v) is 8.90. The van der Waals surface area contributed by atoms with Crippen LogP contribution >= 0.6 is 0 Å². The zero-order valence-corrected chi connectivity index (χ0v) is 13.3. The van der Waals surface area contributed by atoms with Gasteiger partial charge in [-0.05, 0) is 30.2 Å². The van der Waals surface area contributed by atoms with Gasteiger partial charge in [0.15, 0.2) is 0 Å². The van der Waals surface area contributed by atoms with Gasteiger partial charge in [-0.15, -0.1) is 0 Å². The highest BCUT2D eigenvalue weighted by molar-refractivity contribution is 7.89. The fraction of sp³-hybridized carbons (Fsp3) is 0.235. The second-order valence-corrected chi connectivity index (χ2v) is 7.24. The molecule has 0 amide bonds. The van der Waals surface area contributed by atoms with Crippen molar-refractivity contribution in [1.82, 2.24) is 0 Å². The molecule has 0 aromatic heterocycles. The molecule has 0 saturated carbocycles. The Kier molecular flexibility index (Phi) is 4.07. The summed E-state index contributed by atoms with van der Waals surface area (Å²) in [6.07, 6.45) is 1.01.